The first-order chi connectivity index (χ1) is 21.5. The number of aromatic amines is 1. The van der Waals surface area contributed by atoms with Gasteiger partial charge in [0.2, 0.25) is 17.0 Å². The Morgan fingerprint density at radius 3 is 2.56 bits per heavy atom. The molecule has 4 aromatic rings. The van der Waals surface area contributed by atoms with Crippen molar-refractivity contribution >= 4 is 56.5 Å². The van der Waals surface area contributed by atoms with Gasteiger partial charge in [-0.25, -0.2) is 9.50 Å². The van der Waals surface area contributed by atoms with Gasteiger partial charge in [-0.1, -0.05) is 12.8 Å². The molecule has 0 spiro atoms. The van der Waals surface area contributed by atoms with E-state index in [1.165, 1.54) is 24.6 Å². The zero-order chi connectivity index (χ0) is 32.0. The van der Waals surface area contributed by atoms with E-state index in [0.717, 1.165) is 47.6 Å². The molecule has 45 heavy (non-hydrogen) atoms. The van der Waals surface area contributed by atoms with Crippen molar-refractivity contribution in [3.8, 4) is 0 Å². The lowest BCUT2D eigenvalue weighted by Gasteiger charge is -2.17. The smallest absolute Gasteiger partial charge is 0.261 e. The number of likely N-dealkylation sites (tertiary alicyclic amines) is 1. The predicted molar refractivity (Wildman–Crippen MR) is 171 cm³/mol. The maximum atomic E-state index is 12.7. The number of rotatable bonds is 9. The minimum absolute atomic E-state index is 0.0307. The van der Waals surface area contributed by atoms with E-state index in [1.54, 1.807) is 4.52 Å². The lowest BCUT2D eigenvalue weighted by Crippen LogP contribution is -2.39. The highest BCUT2D eigenvalue weighted by atomic mass is 32.2. The topological polar surface area (TPSA) is 187 Å². The number of hydrogen-bond acceptors (Lipinski definition) is 10. The number of aromatic nitrogens is 5. The summed E-state index contributed by atoms with van der Waals surface area (Å²) in [6.07, 6.45) is 7.96. The molecule has 1 aliphatic heterocycles. The number of aryl methyl sites for hydroxylation is 1. The van der Waals surface area contributed by atoms with Crippen LogP contribution in [0, 0.1) is 12.8 Å². The number of fused-ring (bicyclic) bond motifs is 1. The fourth-order valence-corrected chi connectivity index (χ4v) is 6.10. The van der Waals surface area contributed by atoms with Crippen LogP contribution in [0.4, 0.5) is 17.3 Å². The van der Waals surface area contributed by atoms with Crippen LogP contribution in [0.15, 0.2) is 58.7 Å². The Morgan fingerprint density at radius 1 is 1.13 bits per heavy atom. The first-order valence-electron chi connectivity index (χ1n) is 14.7. The van der Waals surface area contributed by atoms with Crippen LogP contribution in [0.25, 0.3) is 5.52 Å². The number of carbonyl (C=O) groups is 2. The summed E-state index contributed by atoms with van der Waals surface area (Å²) in [6, 6.07) is 13.7. The van der Waals surface area contributed by atoms with Gasteiger partial charge in [-0.15, -0.1) is 5.10 Å². The van der Waals surface area contributed by atoms with Crippen molar-refractivity contribution in [2.24, 2.45) is 5.92 Å². The Labute approximate surface area is 265 Å². The lowest BCUT2D eigenvalue weighted by atomic mass is 10.1. The van der Waals surface area contributed by atoms with Crippen LogP contribution >= 0.6 is 11.8 Å². The summed E-state index contributed by atoms with van der Waals surface area (Å²) in [6.45, 7) is 3.61. The van der Waals surface area contributed by atoms with E-state index < -0.39 is 10.1 Å². The molecule has 1 saturated carbocycles. The standard InChI is InChI=1S/C28H33N9O2S.CH4O3S/c1-18-15-24(34-33-18)31-26-23-7-4-13-37(23)35-28(32-26)40-22-10-8-21(9-11-22)29-25(38)17-36-14-12-19(16-36)27(39)30-20-5-2-3-6-20;1-5(2,3)4/h4,7-11,13,15,19-20H,2-3,5-6,12,14,16-17H2,1H3,(H,29,38)(H,30,39)(H2,31,32,33,34,35);1H3,(H,2,3,4)/t19-;/m1./s1. The molecule has 5 N–H and O–H groups in total. The molecule has 16 heteroatoms. The second kappa shape index (κ2) is 14.4. The predicted octanol–water partition coefficient (Wildman–Crippen LogP) is 3.48. The van der Waals surface area contributed by atoms with Gasteiger partial charge in [0.1, 0.15) is 5.52 Å². The van der Waals surface area contributed by atoms with Crippen LogP contribution < -0.4 is 16.0 Å². The second-order valence-electron chi connectivity index (χ2n) is 11.3. The molecule has 4 heterocycles. The molecule has 1 aliphatic carbocycles. The molecule has 0 bridgehead atoms. The molecule has 14 nitrogen and oxygen atoms in total. The maximum Gasteiger partial charge on any atom is 0.261 e. The number of benzene rings is 1. The van der Waals surface area contributed by atoms with E-state index in [0.29, 0.717) is 35.6 Å². The monoisotopic (exact) mass is 655 g/mol. The van der Waals surface area contributed by atoms with Crippen molar-refractivity contribution < 1.29 is 22.6 Å². The Bertz CT molecular complexity index is 1730. The van der Waals surface area contributed by atoms with Crippen molar-refractivity contribution in [2.45, 2.75) is 55.1 Å². The van der Waals surface area contributed by atoms with Gasteiger partial charge in [-0.2, -0.15) is 13.5 Å². The third kappa shape index (κ3) is 9.75. The van der Waals surface area contributed by atoms with Gasteiger partial charge >= 0.3 is 0 Å². The highest BCUT2D eigenvalue weighted by Crippen LogP contribution is 2.29. The van der Waals surface area contributed by atoms with E-state index >= 15 is 0 Å². The van der Waals surface area contributed by atoms with Gasteiger partial charge in [-0.3, -0.25) is 24.1 Å². The van der Waals surface area contributed by atoms with Crippen LogP contribution in [0.2, 0.25) is 0 Å². The average Bonchev–Trinajstić information content (AvgIpc) is 3.78. The molecular formula is C29H37N9O5S2. The second-order valence-corrected chi connectivity index (χ2v) is 13.8. The summed E-state index contributed by atoms with van der Waals surface area (Å²) >= 11 is 1.43. The molecule has 1 aromatic carbocycles. The van der Waals surface area contributed by atoms with Crippen molar-refractivity contribution in [3.63, 3.8) is 0 Å². The normalized spacial score (nSPS) is 17.2. The average molecular weight is 656 g/mol. The Kier molecular flexibility index (Phi) is 10.4. The summed E-state index contributed by atoms with van der Waals surface area (Å²) in [5.74, 6) is 1.38. The number of anilines is 3. The third-order valence-electron chi connectivity index (χ3n) is 7.38. The summed E-state index contributed by atoms with van der Waals surface area (Å²) in [5, 5.41) is 21.8. The Balaban J connectivity index is 0.000000743. The molecule has 3 aromatic heterocycles. The van der Waals surface area contributed by atoms with Crippen molar-refractivity contribution in [1.29, 1.82) is 0 Å². The van der Waals surface area contributed by atoms with Crippen molar-refractivity contribution in [2.75, 3.05) is 36.5 Å². The number of H-pyrrole nitrogens is 1. The summed E-state index contributed by atoms with van der Waals surface area (Å²) < 4.78 is 27.7. The molecule has 0 unspecified atom stereocenters. The number of nitrogens with one attached hydrogen (secondary N) is 4. The van der Waals surface area contributed by atoms with E-state index in [-0.39, 0.29) is 24.3 Å². The molecule has 0 radical (unpaired) electrons. The van der Waals surface area contributed by atoms with E-state index in [2.05, 4.69) is 36.1 Å². The SMILES string of the molecule is CS(=O)(=O)O.Cc1cc(Nc2nc(Sc3ccc(NC(=O)CN4CC[C@@H](C(=O)NC5CCCC5)C4)cc3)nn3cccc23)n[nH]1. The fraction of sp³-hybridized carbons (Fsp3) is 0.414. The minimum atomic E-state index is -3.67. The quantitative estimate of drug-likeness (QED) is 0.166. The molecular weight excluding hydrogens is 619 g/mol. The Morgan fingerprint density at radius 2 is 1.87 bits per heavy atom. The molecule has 2 fully saturated rings. The zero-order valence-electron chi connectivity index (χ0n) is 25.1. The van der Waals surface area contributed by atoms with E-state index in [9.17, 15) is 18.0 Å². The zero-order valence-corrected chi connectivity index (χ0v) is 26.7. The maximum absolute atomic E-state index is 12.7. The number of nitrogens with zero attached hydrogens (tertiary/aromatic N) is 5. The molecule has 2 amide bonds. The van der Waals surface area contributed by atoms with Gasteiger partial charge in [0.05, 0.1) is 18.7 Å². The van der Waals surface area contributed by atoms with Crippen molar-refractivity contribution in [1.82, 2.24) is 35.0 Å². The van der Waals surface area contributed by atoms with Crippen LogP contribution in [0.5, 0.6) is 0 Å². The van der Waals surface area contributed by atoms with Crippen LogP contribution in [0.3, 0.4) is 0 Å². The Hall–Kier alpha value is -3.99. The minimum Gasteiger partial charge on any atom is -0.353 e. The highest BCUT2D eigenvalue weighted by molar-refractivity contribution is 7.99. The largest absolute Gasteiger partial charge is 0.353 e. The van der Waals surface area contributed by atoms with E-state index in [4.69, 9.17) is 9.54 Å². The summed E-state index contributed by atoms with van der Waals surface area (Å²) in [4.78, 5) is 33.0. The molecule has 240 valence electrons. The van der Waals surface area contributed by atoms with Gasteiger partial charge in [0.15, 0.2) is 11.6 Å². The number of amides is 2. The summed E-state index contributed by atoms with van der Waals surface area (Å²) in [7, 11) is -3.67. The van der Waals surface area contributed by atoms with Crippen molar-refractivity contribution in [3.05, 3.63) is 54.4 Å². The van der Waals surface area contributed by atoms with Gasteiger partial charge in [0, 0.05) is 41.1 Å². The summed E-state index contributed by atoms with van der Waals surface area (Å²) in [5.41, 5.74) is 2.53. The van der Waals surface area contributed by atoms with Crippen LogP contribution in [0.1, 0.15) is 37.8 Å². The van der Waals surface area contributed by atoms with Crippen LogP contribution in [-0.2, 0) is 19.7 Å². The molecule has 1 atom stereocenters. The first-order valence-corrected chi connectivity index (χ1v) is 17.3. The highest BCUT2D eigenvalue weighted by Gasteiger charge is 2.31. The van der Waals surface area contributed by atoms with Gasteiger partial charge in [-0.05, 0) is 80.9 Å². The molecule has 1 saturated heterocycles. The number of hydrogen-bond donors (Lipinski definition) is 5. The van der Waals surface area contributed by atoms with E-state index in [1.807, 2.05) is 55.6 Å². The lowest BCUT2D eigenvalue weighted by molar-refractivity contribution is -0.125. The van der Waals surface area contributed by atoms with Gasteiger partial charge in [0.25, 0.3) is 10.1 Å². The fourth-order valence-electron chi connectivity index (χ4n) is 5.35. The van der Waals surface area contributed by atoms with Crippen LogP contribution in [-0.4, -0.2) is 86.4 Å². The first kappa shape index (κ1) is 32.4. The number of carbonyl (C=O) groups excluding carboxylic acids is 2. The molecule has 6 rings (SSSR count). The molecule has 2 aliphatic rings. The van der Waals surface area contributed by atoms with Gasteiger partial charge < -0.3 is 16.0 Å². The third-order valence-corrected chi connectivity index (χ3v) is 8.25.